The minimum absolute atomic E-state index is 0.339. The van der Waals surface area contributed by atoms with Gasteiger partial charge < -0.3 is 20.4 Å². The van der Waals surface area contributed by atoms with Gasteiger partial charge in [0.15, 0.2) is 0 Å². The summed E-state index contributed by atoms with van der Waals surface area (Å²) in [4.78, 5) is 34.9. The second-order valence-electron chi connectivity index (χ2n) is 3.96. The van der Waals surface area contributed by atoms with Crippen LogP contribution in [-0.4, -0.2) is 58.1 Å². The largest absolute Gasteiger partial charge is 0.480 e. The van der Waals surface area contributed by atoms with Gasteiger partial charge in [0.1, 0.15) is 12.1 Å². The first-order valence-corrected chi connectivity index (χ1v) is 5.38. The van der Waals surface area contributed by atoms with Crippen LogP contribution in [0, 0.1) is 0 Å². The predicted octanol–water partition coefficient (Wildman–Crippen LogP) is -1.44. The fourth-order valence-electron chi connectivity index (χ4n) is 1.92. The first kappa shape index (κ1) is 13.4. The Bertz CT molecular complexity index is 331. The van der Waals surface area contributed by atoms with Gasteiger partial charge in [0.2, 0.25) is 11.8 Å². The standard InChI is InChI=1S/C10H16N2O5/c1-6(14)11-7(5-13)9(15)12-4-2-3-8(12)10(16)17/h7-8,13H,2-5H2,1H3,(H,11,14)(H,16,17)/t7-,8-/m0/s1. The molecule has 1 aliphatic rings. The van der Waals surface area contributed by atoms with Crippen LogP contribution in [-0.2, 0) is 14.4 Å². The highest BCUT2D eigenvalue weighted by molar-refractivity contribution is 5.90. The highest BCUT2D eigenvalue weighted by atomic mass is 16.4. The van der Waals surface area contributed by atoms with Crippen molar-refractivity contribution in [1.29, 1.82) is 0 Å². The molecule has 1 saturated heterocycles. The minimum atomic E-state index is -1.06. The lowest BCUT2D eigenvalue weighted by Crippen LogP contribution is -2.52. The molecule has 3 N–H and O–H groups in total. The number of carbonyl (C=O) groups excluding carboxylic acids is 2. The first-order valence-electron chi connectivity index (χ1n) is 5.38. The number of carboxylic acid groups (broad SMARTS) is 1. The number of carbonyl (C=O) groups is 3. The molecule has 0 aromatic carbocycles. The van der Waals surface area contributed by atoms with Crippen LogP contribution in [0.3, 0.4) is 0 Å². The zero-order chi connectivity index (χ0) is 13.0. The van der Waals surface area contributed by atoms with Crippen molar-refractivity contribution < 1.29 is 24.6 Å². The lowest BCUT2D eigenvalue weighted by Gasteiger charge is -2.25. The summed E-state index contributed by atoms with van der Waals surface area (Å²) in [5, 5.41) is 20.2. The Morgan fingerprint density at radius 2 is 2.12 bits per heavy atom. The lowest BCUT2D eigenvalue weighted by atomic mass is 10.2. The molecule has 0 aromatic rings. The van der Waals surface area contributed by atoms with Gasteiger partial charge in [0.25, 0.3) is 0 Å². The van der Waals surface area contributed by atoms with Crippen LogP contribution < -0.4 is 5.32 Å². The summed E-state index contributed by atoms with van der Waals surface area (Å²) < 4.78 is 0. The molecule has 7 nitrogen and oxygen atoms in total. The van der Waals surface area contributed by atoms with Crippen molar-refractivity contribution in [2.24, 2.45) is 0 Å². The van der Waals surface area contributed by atoms with E-state index in [9.17, 15) is 14.4 Å². The summed E-state index contributed by atoms with van der Waals surface area (Å²) in [6.07, 6.45) is 1.01. The second kappa shape index (κ2) is 5.62. The van der Waals surface area contributed by atoms with Crippen molar-refractivity contribution in [2.75, 3.05) is 13.2 Å². The average Bonchev–Trinajstić information content (AvgIpc) is 2.73. The fourth-order valence-corrected chi connectivity index (χ4v) is 1.92. The van der Waals surface area contributed by atoms with Crippen molar-refractivity contribution in [2.45, 2.75) is 31.8 Å². The lowest BCUT2D eigenvalue weighted by molar-refractivity contribution is -0.149. The molecule has 0 bridgehead atoms. The quantitative estimate of drug-likeness (QED) is 0.561. The Kier molecular flexibility index (Phi) is 4.45. The van der Waals surface area contributed by atoms with Crippen molar-refractivity contribution in [1.82, 2.24) is 10.2 Å². The van der Waals surface area contributed by atoms with E-state index in [4.69, 9.17) is 10.2 Å². The summed E-state index contributed by atoms with van der Waals surface area (Å²) in [6.45, 7) is 1.03. The topological polar surface area (TPSA) is 107 Å². The van der Waals surface area contributed by atoms with Crippen molar-refractivity contribution in [3.63, 3.8) is 0 Å². The number of nitrogens with zero attached hydrogens (tertiary/aromatic N) is 1. The van der Waals surface area contributed by atoms with Crippen LogP contribution in [0.2, 0.25) is 0 Å². The SMILES string of the molecule is CC(=O)N[C@@H](CO)C(=O)N1CCC[C@H]1C(=O)O. The third-order valence-electron chi connectivity index (χ3n) is 2.68. The fraction of sp³-hybridized carbons (Fsp3) is 0.700. The van der Waals surface area contributed by atoms with E-state index in [2.05, 4.69) is 5.32 Å². The molecule has 1 rings (SSSR count). The number of likely N-dealkylation sites (tertiary alicyclic amines) is 1. The van der Waals surface area contributed by atoms with Gasteiger partial charge in [0.05, 0.1) is 6.61 Å². The van der Waals surface area contributed by atoms with Crippen LogP contribution >= 0.6 is 0 Å². The second-order valence-corrected chi connectivity index (χ2v) is 3.96. The highest BCUT2D eigenvalue weighted by Gasteiger charge is 2.37. The molecular formula is C10H16N2O5. The third kappa shape index (κ3) is 3.16. The van der Waals surface area contributed by atoms with Gasteiger partial charge in [0, 0.05) is 13.5 Å². The van der Waals surface area contributed by atoms with Crippen LogP contribution in [0.15, 0.2) is 0 Å². The van der Waals surface area contributed by atoms with E-state index in [1.807, 2.05) is 0 Å². The monoisotopic (exact) mass is 244 g/mol. The van der Waals surface area contributed by atoms with Gasteiger partial charge >= 0.3 is 5.97 Å². The van der Waals surface area contributed by atoms with Gasteiger partial charge in [-0.15, -0.1) is 0 Å². The molecular weight excluding hydrogens is 228 g/mol. The van der Waals surface area contributed by atoms with Crippen molar-refractivity contribution >= 4 is 17.8 Å². The van der Waals surface area contributed by atoms with Gasteiger partial charge in [-0.2, -0.15) is 0 Å². The van der Waals surface area contributed by atoms with E-state index >= 15 is 0 Å². The molecule has 0 saturated carbocycles. The maximum absolute atomic E-state index is 11.9. The Morgan fingerprint density at radius 1 is 1.47 bits per heavy atom. The van der Waals surface area contributed by atoms with E-state index in [0.717, 1.165) is 0 Å². The predicted molar refractivity (Wildman–Crippen MR) is 57.1 cm³/mol. The Balaban J connectivity index is 2.73. The van der Waals surface area contributed by atoms with Crippen molar-refractivity contribution in [3.05, 3.63) is 0 Å². The summed E-state index contributed by atoms with van der Waals surface area (Å²) in [6, 6.07) is -1.92. The van der Waals surface area contributed by atoms with E-state index < -0.39 is 36.5 Å². The van der Waals surface area contributed by atoms with Gasteiger partial charge in [-0.25, -0.2) is 4.79 Å². The van der Waals surface area contributed by atoms with Crippen LogP contribution in [0.25, 0.3) is 0 Å². The number of hydrogen-bond donors (Lipinski definition) is 3. The molecule has 17 heavy (non-hydrogen) atoms. The zero-order valence-corrected chi connectivity index (χ0v) is 9.55. The number of aliphatic carboxylic acids is 1. The van der Waals surface area contributed by atoms with Gasteiger partial charge in [-0.1, -0.05) is 0 Å². The molecule has 0 aliphatic carbocycles. The molecule has 7 heteroatoms. The van der Waals surface area contributed by atoms with Crippen LogP contribution in [0.4, 0.5) is 0 Å². The maximum Gasteiger partial charge on any atom is 0.326 e. The highest BCUT2D eigenvalue weighted by Crippen LogP contribution is 2.18. The average molecular weight is 244 g/mol. The molecule has 1 aliphatic heterocycles. The van der Waals surface area contributed by atoms with Crippen LogP contribution in [0.1, 0.15) is 19.8 Å². The molecule has 0 unspecified atom stereocenters. The van der Waals surface area contributed by atoms with Gasteiger partial charge in [-0.3, -0.25) is 9.59 Å². The number of carboxylic acids is 1. The molecule has 1 fully saturated rings. The number of rotatable bonds is 4. The van der Waals surface area contributed by atoms with E-state index in [-0.39, 0.29) is 0 Å². The molecule has 96 valence electrons. The van der Waals surface area contributed by atoms with E-state index in [1.54, 1.807) is 0 Å². The zero-order valence-electron chi connectivity index (χ0n) is 9.55. The summed E-state index contributed by atoms with van der Waals surface area (Å²) in [5.41, 5.74) is 0. The minimum Gasteiger partial charge on any atom is -0.480 e. The molecule has 0 spiro atoms. The maximum atomic E-state index is 11.9. The number of amides is 2. The van der Waals surface area contributed by atoms with Crippen molar-refractivity contribution in [3.8, 4) is 0 Å². The Morgan fingerprint density at radius 3 is 2.59 bits per heavy atom. The van der Waals surface area contributed by atoms with Crippen LogP contribution in [0.5, 0.6) is 0 Å². The third-order valence-corrected chi connectivity index (χ3v) is 2.68. The Hall–Kier alpha value is -1.63. The smallest absolute Gasteiger partial charge is 0.326 e. The van der Waals surface area contributed by atoms with E-state index in [1.165, 1.54) is 11.8 Å². The molecule has 0 radical (unpaired) electrons. The van der Waals surface area contributed by atoms with Gasteiger partial charge in [-0.05, 0) is 12.8 Å². The molecule has 2 atom stereocenters. The molecule has 1 heterocycles. The number of nitrogens with one attached hydrogen (secondary N) is 1. The normalized spacial score (nSPS) is 21.1. The summed E-state index contributed by atoms with van der Waals surface area (Å²) in [5.74, 6) is -2.05. The summed E-state index contributed by atoms with van der Waals surface area (Å²) in [7, 11) is 0. The molecule has 0 aromatic heterocycles. The number of hydrogen-bond acceptors (Lipinski definition) is 4. The first-order chi connectivity index (χ1) is 7.97. The molecule has 2 amide bonds. The summed E-state index contributed by atoms with van der Waals surface area (Å²) >= 11 is 0. The number of aliphatic hydroxyl groups excluding tert-OH is 1. The number of aliphatic hydroxyl groups is 1. The Labute approximate surface area is 98.4 Å². The van der Waals surface area contributed by atoms with E-state index in [0.29, 0.717) is 19.4 Å².